The van der Waals surface area contributed by atoms with E-state index in [0.717, 1.165) is 38.2 Å². The zero-order valence-electron chi connectivity index (χ0n) is 15.5. The smallest absolute Gasteiger partial charge is 0.237 e. The van der Waals surface area contributed by atoms with Crippen molar-refractivity contribution in [2.24, 2.45) is 11.8 Å². The Labute approximate surface area is 173 Å². The first-order valence-corrected chi connectivity index (χ1v) is 9.73. The maximum Gasteiger partial charge on any atom is 0.237 e. The van der Waals surface area contributed by atoms with E-state index in [9.17, 15) is 9.18 Å². The molecule has 0 aromatic heterocycles. The first kappa shape index (κ1) is 22.3. The molecule has 3 fully saturated rings. The molecule has 0 bridgehead atoms. The predicted molar refractivity (Wildman–Crippen MR) is 112 cm³/mol. The van der Waals surface area contributed by atoms with Crippen LogP contribution in [0.25, 0.3) is 0 Å². The fourth-order valence-corrected chi connectivity index (χ4v) is 4.77. The fourth-order valence-electron chi connectivity index (χ4n) is 4.77. The van der Waals surface area contributed by atoms with Gasteiger partial charge in [0.05, 0.1) is 6.04 Å². The average Bonchev–Trinajstić information content (AvgIpc) is 3.27. The van der Waals surface area contributed by atoms with Crippen molar-refractivity contribution in [2.45, 2.75) is 50.6 Å². The van der Waals surface area contributed by atoms with Crippen molar-refractivity contribution in [3.63, 3.8) is 0 Å². The summed E-state index contributed by atoms with van der Waals surface area (Å²) in [5.41, 5.74) is 1.07. The normalized spacial score (nSPS) is 29.4. The van der Waals surface area contributed by atoms with Crippen LogP contribution in [0.2, 0.25) is 0 Å². The van der Waals surface area contributed by atoms with Gasteiger partial charge in [0.25, 0.3) is 0 Å². The molecule has 152 valence electrons. The summed E-state index contributed by atoms with van der Waals surface area (Å²) in [6.45, 7) is 2.64. The number of nitrogens with zero attached hydrogens (tertiary/aromatic N) is 1. The lowest BCUT2D eigenvalue weighted by Crippen LogP contribution is -2.44. The van der Waals surface area contributed by atoms with Crippen molar-refractivity contribution in [3.8, 4) is 0 Å². The van der Waals surface area contributed by atoms with Crippen LogP contribution in [0, 0.1) is 17.7 Å². The highest BCUT2D eigenvalue weighted by Crippen LogP contribution is 2.33. The highest BCUT2D eigenvalue weighted by atomic mass is 35.5. The van der Waals surface area contributed by atoms with Crippen LogP contribution in [0.4, 0.5) is 10.1 Å². The fraction of sp³-hybridized carbons (Fsp3) is 0.650. The number of benzene rings is 1. The Morgan fingerprint density at radius 2 is 1.89 bits per heavy atom. The Hall–Kier alpha value is -1.04. The summed E-state index contributed by atoms with van der Waals surface area (Å²) in [4.78, 5) is 14.8. The summed E-state index contributed by atoms with van der Waals surface area (Å²) in [5, 5.41) is 6.72. The number of amides is 1. The van der Waals surface area contributed by atoms with Gasteiger partial charge in [-0.15, -0.1) is 24.8 Å². The number of carbonyl (C=O) groups is 1. The number of rotatable bonds is 4. The number of nitrogens with one attached hydrogen (secondary N) is 2. The molecule has 2 aliphatic heterocycles. The van der Waals surface area contributed by atoms with Gasteiger partial charge in [0.1, 0.15) is 5.82 Å². The number of halogens is 3. The second-order valence-corrected chi connectivity index (χ2v) is 7.93. The molecule has 7 heteroatoms. The first-order chi connectivity index (χ1) is 12.2. The Balaban J connectivity index is 0.00000131. The van der Waals surface area contributed by atoms with Gasteiger partial charge in [0, 0.05) is 31.4 Å². The Morgan fingerprint density at radius 1 is 1.15 bits per heavy atom. The molecule has 1 aromatic rings. The molecule has 1 aliphatic carbocycles. The summed E-state index contributed by atoms with van der Waals surface area (Å²) in [6.07, 6.45) is 7.19. The molecule has 1 saturated carbocycles. The molecule has 4 rings (SSSR count). The molecule has 3 aliphatic rings. The van der Waals surface area contributed by atoms with Gasteiger partial charge in [-0.2, -0.15) is 0 Å². The topological polar surface area (TPSA) is 44.4 Å². The number of anilines is 1. The second-order valence-electron chi connectivity index (χ2n) is 7.93. The van der Waals surface area contributed by atoms with Gasteiger partial charge in [-0.1, -0.05) is 12.8 Å². The van der Waals surface area contributed by atoms with Crippen LogP contribution in [0.15, 0.2) is 24.3 Å². The molecule has 4 atom stereocenters. The first-order valence-electron chi connectivity index (χ1n) is 9.73. The van der Waals surface area contributed by atoms with Gasteiger partial charge < -0.3 is 15.5 Å². The highest BCUT2D eigenvalue weighted by molar-refractivity contribution is 5.85. The number of carbonyl (C=O) groups excluding carboxylic acids is 1. The van der Waals surface area contributed by atoms with Crippen LogP contribution in [0.3, 0.4) is 0 Å². The van der Waals surface area contributed by atoms with Gasteiger partial charge in [0.15, 0.2) is 0 Å². The molecule has 1 amide bonds. The number of hydrogen-bond donors (Lipinski definition) is 2. The summed E-state index contributed by atoms with van der Waals surface area (Å²) in [7, 11) is 0. The summed E-state index contributed by atoms with van der Waals surface area (Å²) >= 11 is 0. The van der Waals surface area contributed by atoms with E-state index in [1.807, 2.05) is 12.1 Å². The minimum absolute atomic E-state index is 0. The van der Waals surface area contributed by atoms with E-state index in [0.29, 0.717) is 17.9 Å². The van der Waals surface area contributed by atoms with Crippen LogP contribution in [0.1, 0.15) is 38.5 Å². The Kier molecular flexibility index (Phi) is 8.20. The van der Waals surface area contributed by atoms with Crippen molar-refractivity contribution in [1.82, 2.24) is 10.6 Å². The van der Waals surface area contributed by atoms with Crippen molar-refractivity contribution in [2.75, 3.05) is 24.5 Å². The Bertz CT molecular complexity index is 602. The molecule has 4 nitrogen and oxygen atoms in total. The zero-order chi connectivity index (χ0) is 17.2. The van der Waals surface area contributed by atoms with Gasteiger partial charge in [0.2, 0.25) is 5.91 Å². The lowest BCUT2D eigenvalue weighted by atomic mass is 9.85. The second kappa shape index (κ2) is 9.94. The van der Waals surface area contributed by atoms with E-state index in [-0.39, 0.29) is 42.6 Å². The third kappa shape index (κ3) is 5.27. The van der Waals surface area contributed by atoms with Gasteiger partial charge in [-0.05, 0) is 61.8 Å². The number of fused-ring (bicyclic) bond motifs is 1. The summed E-state index contributed by atoms with van der Waals surface area (Å²) in [6, 6.07) is 7.25. The lowest BCUT2D eigenvalue weighted by molar-refractivity contribution is -0.123. The minimum Gasteiger partial charge on any atom is -0.371 e. The van der Waals surface area contributed by atoms with Crippen molar-refractivity contribution in [1.29, 1.82) is 0 Å². The molecular weight excluding hydrogens is 388 g/mol. The third-order valence-corrected chi connectivity index (χ3v) is 6.22. The molecule has 4 unspecified atom stereocenters. The molecular formula is C20H30Cl2FN3O. The third-order valence-electron chi connectivity index (χ3n) is 6.22. The zero-order valence-corrected chi connectivity index (χ0v) is 17.2. The van der Waals surface area contributed by atoms with Crippen LogP contribution >= 0.6 is 24.8 Å². The molecule has 0 spiro atoms. The van der Waals surface area contributed by atoms with Crippen LogP contribution < -0.4 is 15.5 Å². The van der Waals surface area contributed by atoms with E-state index < -0.39 is 0 Å². The molecule has 2 saturated heterocycles. The number of hydrogen-bond acceptors (Lipinski definition) is 3. The maximum absolute atomic E-state index is 13.0. The van der Waals surface area contributed by atoms with Crippen LogP contribution in [-0.2, 0) is 4.79 Å². The SMILES string of the molecule is Cl.Cl.O=C(NCC1CCN(c2ccc(F)cc2)C1)C1CC2CCCCC2N1. The highest BCUT2D eigenvalue weighted by Gasteiger charge is 2.38. The van der Waals surface area contributed by atoms with E-state index in [1.165, 1.54) is 37.8 Å². The lowest BCUT2D eigenvalue weighted by Gasteiger charge is -2.24. The maximum atomic E-state index is 13.0. The predicted octanol–water partition coefficient (Wildman–Crippen LogP) is 3.53. The van der Waals surface area contributed by atoms with Gasteiger partial charge >= 0.3 is 0 Å². The summed E-state index contributed by atoms with van der Waals surface area (Å²) in [5.74, 6) is 1.15. The van der Waals surface area contributed by atoms with Crippen LogP contribution in [-0.4, -0.2) is 37.6 Å². The Morgan fingerprint density at radius 3 is 2.63 bits per heavy atom. The van der Waals surface area contributed by atoms with Crippen LogP contribution in [0.5, 0.6) is 0 Å². The standard InChI is InChI=1S/C20H28FN3O.2ClH/c21-16-5-7-17(8-6-16)24-10-9-14(13-24)12-22-20(25)19-11-15-3-1-2-4-18(15)23-19;;/h5-8,14-15,18-19,23H,1-4,9-13H2,(H,22,25);2*1H. The molecule has 27 heavy (non-hydrogen) atoms. The molecule has 0 radical (unpaired) electrons. The van der Waals surface area contributed by atoms with Gasteiger partial charge in [-0.25, -0.2) is 4.39 Å². The summed E-state index contributed by atoms with van der Waals surface area (Å²) < 4.78 is 13.0. The molecule has 2 N–H and O–H groups in total. The van der Waals surface area contributed by atoms with E-state index in [4.69, 9.17) is 0 Å². The minimum atomic E-state index is -0.198. The molecule has 1 aromatic carbocycles. The van der Waals surface area contributed by atoms with Crippen molar-refractivity contribution >= 4 is 36.4 Å². The van der Waals surface area contributed by atoms with Crippen molar-refractivity contribution < 1.29 is 9.18 Å². The average molecular weight is 418 g/mol. The van der Waals surface area contributed by atoms with E-state index >= 15 is 0 Å². The largest absolute Gasteiger partial charge is 0.371 e. The van der Waals surface area contributed by atoms with Crippen molar-refractivity contribution in [3.05, 3.63) is 30.1 Å². The van der Waals surface area contributed by atoms with Gasteiger partial charge in [-0.3, -0.25) is 4.79 Å². The quantitative estimate of drug-likeness (QED) is 0.787. The van der Waals surface area contributed by atoms with E-state index in [2.05, 4.69) is 15.5 Å². The molecule has 2 heterocycles. The van der Waals surface area contributed by atoms with E-state index in [1.54, 1.807) is 0 Å². The monoisotopic (exact) mass is 417 g/mol.